The summed E-state index contributed by atoms with van der Waals surface area (Å²) in [7, 11) is 0. The normalized spacial score (nSPS) is 20.3. The smallest absolute Gasteiger partial charge is 0.146 e. The van der Waals surface area contributed by atoms with Crippen LogP contribution >= 0.6 is 0 Å². The van der Waals surface area contributed by atoms with Gasteiger partial charge < -0.3 is 10.0 Å². The average molecular weight is 203 g/mol. The van der Waals surface area contributed by atoms with Crippen molar-refractivity contribution in [1.82, 2.24) is 4.98 Å². The Balaban J connectivity index is 2.33. The van der Waals surface area contributed by atoms with E-state index in [0.29, 0.717) is 11.4 Å². The predicted octanol–water partition coefficient (Wildman–Crippen LogP) is 0.914. The second-order valence-electron chi connectivity index (χ2n) is 3.66. The Hall–Kier alpha value is -1.60. The minimum Gasteiger partial charge on any atom is -0.394 e. The Labute approximate surface area is 88.8 Å². The Morgan fingerprint density at radius 3 is 3.27 bits per heavy atom. The van der Waals surface area contributed by atoms with Crippen molar-refractivity contribution >= 4 is 5.82 Å². The summed E-state index contributed by atoms with van der Waals surface area (Å²) < 4.78 is 0. The third kappa shape index (κ3) is 1.79. The summed E-state index contributed by atoms with van der Waals surface area (Å²) in [5, 5.41) is 18.2. The molecule has 1 saturated heterocycles. The van der Waals surface area contributed by atoms with Gasteiger partial charge in [-0.25, -0.2) is 4.98 Å². The molecule has 2 heterocycles. The van der Waals surface area contributed by atoms with Crippen molar-refractivity contribution in [3.63, 3.8) is 0 Å². The molecule has 4 nitrogen and oxygen atoms in total. The van der Waals surface area contributed by atoms with E-state index in [4.69, 9.17) is 5.26 Å². The van der Waals surface area contributed by atoms with Crippen LogP contribution in [0.2, 0.25) is 0 Å². The van der Waals surface area contributed by atoms with E-state index in [1.165, 1.54) is 0 Å². The third-order valence-corrected chi connectivity index (χ3v) is 2.77. The lowest BCUT2D eigenvalue weighted by Crippen LogP contribution is -2.33. The molecule has 0 aliphatic carbocycles. The summed E-state index contributed by atoms with van der Waals surface area (Å²) in [5.74, 6) is 0.705. The topological polar surface area (TPSA) is 60.2 Å². The van der Waals surface area contributed by atoms with Gasteiger partial charge in [-0.3, -0.25) is 0 Å². The van der Waals surface area contributed by atoms with Gasteiger partial charge >= 0.3 is 0 Å². The molecule has 1 aliphatic heterocycles. The number of rotatable bonds is 2. The predicted molar refractivity (Wildman–Crippen MR) is 56.4 cm³/mol. The van der Waals surface area contributed by atoms with Crippen LogP contribution in [0.1, 0.15) is 18.4 Å². The quantitative estimate of drug-likeness (QED) is 0.776. The zero-order chi connectivity index (χ0) is 10.7. The number of nitrogens with zero attached hydrogens (tertiary/aromatic N) is 3. The van der Waals surface area contributed by atoms with E-state index in [-0.39, 0.29) is 12.6 Å². The largest absolute Gasteiger partial charge is 0.394 e. The molecule has 0 radical (unpaired) electrons. The molecule has 78 valence electrons. The maximum absolute atomic E-state index is 9.21. The van der Waals surface area contributed by atoms with Crippen molar-refractivity contribution in [2.45, 2.75) is 18.9 Å². The lowest BCUT2D eigenvalue weighted by molar-refractivity contribution is 0.266. The average Bonchev–Trinajstić information content (AvgIpc) is 2.76. The van der Waals surface area contributed by atoms with Gasteiger partial charge in [0.15, 0.2) is 0 Å². The number of hydrogen-bond acceptors (Lipinski definition) is 4. The molecule has 2 rings (SSSR count). The summed E-state index contributed by atoms with van der Waals surface area (Å²) >= 11 is 0. The minimum absolute atomic E-state index is 0.118. The van der Waals surface area contributed by atoms with E-state index in [9.17, 15) is 5.11 Å². The zero-order valence-electron chi connectivity index (χ0n) is 8.43. The van der Waals surface area contributed by atoms with Crippen LogP contribution in [0.5, 0.6) is 0 Å². The molecule has 0 aromatic carbocycles. The lowest BCUT2D eigenvalue weighted by Gasteiger charge is -2.24. The molecule has 1 atom stereocenters. The summed E-state index contributed by atoms with van der Waals surface area (Å²) in [6.45, 7) is 0.998. The van der Waals surface area contributed by atoms with Crippen molar-refractivity contribution in [2.24, 2.45) is 0 Å². The van der Waals surface area contributed by atoms with Gasteiger partial charge in [0.1, 0.15) is 11.9 Å². The number of anilines is 1. The van der Waals surface area contributed by atoms with E-state index >= 15 is 0 Å². The fraction of sp³-hybridized carbons (Fsp3) is 0.455. The molecule has 1 aromatic rings. The number of aromatic nitrogens is 1. The van der Waals surface area contributed by atoms with Crippen molar-refractivity contribution in [3.05, 3.63) is 23.9 Å². The van der Waals surface area contributed by atoms with Crippen molar-refractivity contribution in [1.29, 1.82) is 5.26 Å². The van der Waals surface area contributed by atoms with Gasteiger partial charge in [0.25, 0.3) is 0 Å². The first-order valence-electron chi connectivity index (χ1n) is 5.09. The van der Waals surface area contributed by atoms with Crippen LogP contribution < -0.4 is 4.90 Å². The number of aliphatic hydroxyl groups excluding tert-OH is 1. The van der Waals surface area contributed by atoms with E-state index < -0.39 is 0 Å². The maximum atomic E-state index is 9.21. The molecule has 4 heteroatoms. The first-order valence-corrected chi connectivity index (χ1v) is 5.09. The second kappa shape index (κ2) is 4.28. The van der Waals surface area contributed by atoms with E-state index in [2.05, 4.69) is 11.1 Å². The van der Waals surface area contributed by atoms with E-state index in [0.717, 1.165) is 19.4 Å². The molecular formula is C11H13N3O. The van der Waals surface area contributed by atoms with Crippen molar-refractivity contribution in [2.75, 3.05) is 18.1 Å². The van der Waals surface area contributed by atoms with Gasteiger partial charge in [-0.1, -0.05) is 0 Å². The molecule has 15 heavy (non-hydrogen) atoms. The van der Waals surface area contributed by atoms with Gasteiger partial charge in [0.2, 0.25) is 0 Å². The first kappa shape index (κ1) is 9.94. The lowest BCUT2D eigenvalue weighted by atomic mass is 10.2. The molecule has 1 aliphatic rings. The minimum atomic E-state index is 0.118. The highest BCUT2D eigenvalue weighted by Gasteiger charge is 2.26. The van der Waals surface area contributed by atoms with Gasteiger partial charge in [0.05, 0.1) is 18.2 Å². The van der Waals surface area contributed by atoms with Crippen LogP contribution in [0.3, 0.4) is 0 Å². The van der Waals surface area contributed by atoms with Crippen LogP contribution in [0.15, 0.2) is 18.3 Å². The highest BCUT2D eigenvalue weighted by atomic mass is 16.3. The Kier molecular flexibility index (Phi) is 2.84. The summed E-state index contributed by atoms with van der Waals surface area (Å²) in [4.78, 5) is 6.25. The number of hydrogen-bond donors (Lipinski definition) is 1. The van der Waals surface area contributed by atoms with Crippen molar-refractivity contribution < 1.29 is 5.11 Å². The first-order chi connectivity index (χ1) is 7.36. The molecule has 0 bridgehead atoms. The van der Waals surface area contributed by atoms with Crippen LogP contribution in [-0.4, -0.2) is 29.3 Å². The van der Waals surface area contributed by atoms with Crippen molar-refractivity contribution in [3.8, 4) is 6.07 Å². The SMILES string of the molecule is N#Cc1cccnc1N1CCCC1CO. The highest BCUT2D eigenvalue weighted by molar-refractivity contribution is 5.54. The number of pyridine rings is 1. The van der Waals surface area contributed by atoms with Crippen LogP contribution in [0.4, 0.5) is 5.82 Å². The van der Waals surface area contributed by atoms with Gasteiger partial charge in [-0.05, 0) is 25.0 Å². The summed E-state index contributed by atoms with van der Waals surface area (Å²) in [5.41, 5.74) is 0.581. The number of aliphatic hydroxyl groups is 1. The zero-order valence-corrected chi connectivity index (χ0v) is 8.43. The Bertz CT molecular complexity index is 386. The van der Waals surface area contributed by atoms with E-state index in [1.807, 2.05) is 4.90 Å². The Morgan fingerprint density at radius 2 is 2.53 bits per heavy atom. The fourth-order valence-corrected chi connectivity index (χ4v) is 2.02. The van der Waals surface area contributed by atoms with Crippen LogP contribution in [0.25, 0.3) is 0 Å². The van der Waals surface area contributed by atoms with E-state index in [1.54, 1.807) is 18.3 Å². The monoisotopic (exact) mass is 203 g/mol. The third-order valence-electron chi connectivity index (χ3n) is 2.77. The molecular weight excluding hydrogens is 190 g/mol. The molecule has 0 saturated carbocycles. The maximum Gasteiger partial charge on any atom is 0.146 e. The molecule has 1 aromatic heterocycles. The molecule has 0 amide bonds. The molecule has 1 unspecified atom stereocenters. The Morgan fingerprint density at radius 1 is 1.67 bits per heavy atom. The number of nitriles is 1. The highest BCUT2D eigenvalue weighted by Crippen LogP contribution is 2.25. The van der Waals surface area contributed by atoms with Gasteiger partial charge in [-0.15, -0.1) is 0 Å². The van der Waals surface area contributed by atoms with Gasteiger partial charge in [-0.2, -0.15) is 5.26 Å². The molecule has 0 spiro atoms. The molecule has 1 N–H and O–H groups in total. The summed E-state index contributed by atoms with van der Waals surface area (Å²) in [6, 6.07) is 5.76. The standard InChI is InChI=1S/C11H13N3O/c12-7-9-3-1-5-13-11(9)14-6-2-4-10(14)8-15/h1,3,5,10,15H,2,4,6,8H2. The second-order valence-corrected chi connectivity index (χ2v) is 3.66. The fourth-order valence-electron chi connectivity index (χ4n) is 2.02. The van der Waals surface area contributed by atoms with Gasteiger partial charge in [0, 0.05) is 12.7 Å². The molecule has 1 fully saturated rings. The van der Waals surface area contributed by atoms with Crippen LogP contribution in [-0.2, 0) is 0 Å². The van der Waals surface area contributed by atoms with Crippen LogP contribution in [0, 0.1) is 11.3 Å². The summed E-state index contributed by atoms with van der Waals surface area (Å²) in [6.07, 6.45) is 3.70.